The molecule has 13 nitrogen and oxygen atoms in total. The summed E-state index contributed by atoms with van der Waals surface area (Å²) in [5, 5.41) is 12.9. The Balaban J connectivity index is 2.46. The number of esters is 3. The molecule has 3 unspecified atom stereocenters. The Labute approximate surface area is 288 Å². The van der Waals surface area contributed by atoms with Crippen molar-refractivity contribution in [1.29, 1.82) is 0 Å². The van der Waals surface area contributed by atoms with E-state index in [4.69, 9.17) is 37.9 Å². The van der Waals surface area contributed by atoms with E-state index in [-0.39, 0.29) is 13.0 Å². The number of rotatable bonds is 9. The molecule has 2 saturated heterocycles. The SMILES string of the molecule is C=CCC12OC(C(=O)OC(C)(C)C)C(O)(C(=O)OC(C)(C)C)[C@](C(=O)OC(C)(C)C)(O1)[C@H](OCc1ccccc1)[C@H]2OC(=O)OC(C)(C)C. The minimum atomic E-state index is -3.36. The molecule has 49 heavy (non-hydrogen) atoms. The Bertz CT molecular complexity index is 1390. The zero-order valence-corrected chi connectivity index (χ0v) is 30.7. The third kappa shape index (κ3) is 8.80. The van der Waals surface area contributed by atoms with Gasteiger partial charge in [0.15, 0.2) is 6.10 Å². The third-order valence-corrected chi connectivity index (χ3v) is 7.05. The van der Waals surface area contributed by atoms with Crippen LogP contribution < -0.4 is 0 Å². The van der Waals surface area contributed by atoms with Crippen LogP contribution in [0.25, 0.3) is 0 Å². The average molecular weight is 693 g/mol. The van der Waals surface area contributed by atoms with Gasteiger partial charge in [0.05, 0.1) is 6.61 Å². The molecule has 2 bridgehead atoms. The first-order valence-corrected chi connectivity index (χ1v) is 16.2. The summed E-state index contributed by atoms with van der Waals surface area (Å²) in [5.41, 5.74) is -10.4. The van der Waals surface area contributed by atoms with Gasteiger partial charge in [0.25, 0.3) is 0 Å². The van der Waals surface area contributed by atoms with Gasteiger partial charge in [-0.3, -0.25) is 0 Å². The van der Waals surface area contributed by atoms with Gasteiger partial charge >= 0.3 is 24.1 Å². The first kappa shape index (κ1) is 39.9. The van der Waals surface area contributed by atoms with E-state index in [0.717, 1.165) is 0 Å². The first-order valence-electron chi connectivity index (χ1n) is 16.2. The first-order chi connectivity index (χ1) is 22.2. The Morgan fingerprint density at radius 2 is 1.29 bits per heavy atom. The minimum Gasteiger partial charge on any atom is -0.458 e. The number of hydrogen-bond donors (Lipinski definition) is 1. The minimum absolute atomic E-state index is 0.251. The van der Waals surface area contributed by atoms with Crippen molar-refractivity contribution in [3.63, 3.8) is 0 Å². The largest absolute Gasteiger partial charge is 0.509 e. The Hall–Kier alpha value is -3.52. The maximum absolute atomic E-state index is 14.8. The number of carbonyl (C=O) groups is 4. The van der Waals surface area contributed by atoms with Crippen LogP contribution in [0.3, 0.4) is 0 Å². The molecule has 13 heteroatoms. The van der Waals surface area contributed by atoms with Crippen LogP contribution in [-0.4, -0.2) is 86.9 Å². The number of carbonyl (C=O) groups excluding carboxylic acids is 4. The highest BCUT2D eigenvalue weighted by atomic mass is 16.8. The molecule has 0 aromatic heterocycles. The zero-order chi connectivity index (χ0) is 37.4. The predicted molar refractivity (Wildman–Crippen MR) is 175 cm³/mol. The summed E-state index contributed by atoms with van der Waals surface area (Å²) < 4.78 is 47.5. The van der Waals surface area contributed by atoms with Crippen molar-refractivity contribution in [3.05, 3.63) is 48.6 Å². The number of hydrogen-bond acceptors (Lipinski definition) is 13. The summed E-state index contributed by atoms with van der Waals surface area (Å²) in [7, 11) is 0. The highest BCUT2D eigenvalue weighted by Crippen LogP contribution is 2.58. The van der Waals surface area contributed by atoms with Gasteiger partial charge in [-0.15, -0.1) is 6.58 Å². The van der Waals surface area contributed by atoms with Crippen molar-refractivity contribution in [2.45, 2.75) is 154 Å². The fraction of sp³-hybridized carbons (Fsp3) is 0.667. The van der Waals surface area contributed by atoms with Crippen LogP contribution in [0.15, 0.2) is 43.0 Å². The summed E-state index contributed by atoms with van der Waals surface area (Å²) in [5.74, 6) is -6.34. The van der Waals surface area contributed by atoms with Crippen LogP contribution in [0.1, 0.15) is 95.1 Å². The third-order valence-electron chi connectivity index (χ3n) is 7.05. The Morgan fingerprint density at radius 1 is 0.776 bits per heavy atom. The topological polar surface area (TPSA) is 162 Å². The molecule has 1 aromatic rings. The quantitative estimate of drug-likeness (QED) is 0.207. The molecule has 2 fully saturated rings. The van der Waals surface area contributed by atoms with Crippen molar-refractivity contribution in [1.82, 2.24) is 0 Å². The summed E-state index contributed by atoms with van der Waals surface area (Å²) >= 11 is 0. The molecule has 1 aromatic carbocycles. The van der Waals surface area contributed by atoms with Crippen LogP contribution in [0.2, 0.25) is 0 Å². The van der Waals surface area contributed by atoms with E-state index in [1.807, 2.05) is 0 Å². The zero-order valence-electron chi connectivity index (χ0n) is 30.7. The highest BCUT2D eigenvalue weighted by Gasteiger charge is 2.87. The van der Waals surface area contributed by atoms with Crippen LogP contribution in [-0.2, 0) is 58.9 Å². The normalized spacial score (nSPS) is 28.6. The van der Waals surface area contributed by atoms with Gasteiger partial charge in [-0.2, -0.15) is 0 Å². The van der Waals surface area contributed by atoms with Gasteiger partial charge in [0.2, 0.25) is 23.1 Å². The van der Waals surface area contributed by atoms with Crippen LogP contribution in [0, 0.1) is 0 Å². The number of aliphatic hydroxyl groups is 1. The molecule has 1 N–H and O–H groups in total. The van der Waals surface area contributed by atoms with Gasteiger partial charge in [-0.25, -0.2) is 19.2 Å². The van der Waals surface area contributed by atoms with E-state index < -0.39 is 81.8 Å². The fourth-order valence-electron chi connectivity index (χ4n) is 5.46. The van der Waals surface area contributed by atoms with E-state index in [1.165, 1.54) is 26.8 Å². The van der Waals surface area contributed by atoms with Gasteiger partial charge in [0, 0.05) is 6.42 Å². The van der Waals surface area contributed by atoms with E-state index in [0.29, 0.717) is 5.56 Å². The number of fused-ring (bicyclic) bond motifs is 2. The number of benzene rings is 1. The highest BCUT2D eigenvalue weighted by molar-refractivity contribution is 5.99. The molecule has 0 amide bonds. The Morgan fingerprint density at radius 3 is 1.78 bits per heavy atom. The van der Waals surface area contributed by atoms with Gasteiger partial charge in [-0.05, 0) is 88.6 Å². The summed E-state index contributed by atoms with van der Waals surface area (Å²) in [6.45, 7) is 22.3. The monoisotopic (exact) mass is 692 g/mol. The van der Waals surface area contributed by atoms with E-state index >= 15 is 0 Å². The van der Waals surface area contributed by atoms with Crippen molar-refractivity contribution >= 4 is 24.1 Å². The van der Waals surface area contributed by atoms with E-state index in [9.17, 15) is 24.3 Å². The molecule has 0 aliphatic carbocycles. The van der Waals surface area contributed by atoms with Gasteiger partial charge in [0.1, 0.15) is 28.5 Å². The van der Waals surface area contributed by atoms with E-state index in [2.05, 4.69) is 6.58 Å². The van der Waals surface area contributed by atoms with Crippen LogP contribution in [0.5, 0.6) is 0 Å². The lowest BCUT2D eigenvalue weighted by Crippen LogP contribution is -2.79. The molecular weight excluding hydrogens is 640 g/mol. The van der Waals surface area contributed by atoms with Crippen LogP contribution >= 0.6 is 0 Å². The Kier molecular flexibility index (Phi) is 11.1. The average Bonchev–Trinajstić information content (AvgIpc) is 3.13. The summed E-state index contributed by atoms with van der Waals surface area (Å²) in [6, 6.07) is 8.74. The van der Waals surface area contributed by atoms with Crippen molar-refractivity contribution < 1.29 is 62.2 Å². The maximum atomic E-state index is 14.8. The number of ether oxygens (including phenoxy) is 8. The van der Waals surface area contributed by atoms with Crippen LogP contribution in [0.4, 0.5) is 4.79 Å². The molecule has 6 atom stereocenters. The molecular formula is C36H52O13. The second-order valence-electron chi connectivity index (χ2n) is 16.2. The van der Waals surface area contributed by atoms with Gasteiger partial charge < -0.3 is 43.0 Å². The lowest BCUT2D eigenvalue weighted by atomic mass is 9.74. The summed E-state index contributed by atoms with van der Waals surface area (Å²) in [6.07, 6.45) is -6.21. The lowest BCUT2D eigenvalue weighted by molar-refractivity contribution is -0.376. The summed E-state index contributed by atoms with van der Waals surface area (Å²) in [4.78, 5) is 56.6. The van der Waals surface area contributed by atoms with E-state index in [1.54, 1.807) is 92.6 Å². The van der Waals surface area contributed by atoms with Crippen molar-refractivity contribution in [3.8, 4) is 0 Å². The second-order valence-corrected chi connectivity index (χ2v) is 16.2. The molecule has 0 radical (unpaired) electrons. The second kappa shape index (κ2) is 13.7. The molecule has 0 saturated carbocycles. The smallest absolute Gasteiger partial charge is 0.458 e. The fourth-order valence-corrected chi connectivity index (χ4v) is 5.46. The molecule has 2 aliphatic heterocycles. The predicted octanol–water partition coefficient (Wildman–Crippen LogP) is 5.09. The molecule has 274 valence electrons. The van der Waals surface area contributed by atoms with Crippen molar-refractivity contribution in [2.75, 3.05) is 0 Å². The molecule has 2 heterocycles. The van der Waals surface area contributed by atoms with Gasteiger partial charge in [-0.1, -0.05) is 36.4 Å². The molecule has 3 rings (SSSR count). The maximum Gasteiger partial charge on any atom is 0.509 e. The molecule has 2 aliphatic rings. The van der Waals surface area contributed by atoms with Crippen molar-refractivity contribution in [2.24, 2.45) is 0 Å². The lowest BCUT2D eigenvalue weighted by Gasteiger charge is -2.51. The molecule has 0 spiro atoms. The standard InChI is InChI=1S/C36H52O13/c1-14-20-34-23(43-29(40)48-33(11,12)13)24(42-21-22-18-16-15-17-19-22)36(49-34,28(39)47-32(8,9)10)35(41,27(38)46-31(5,6)7)25(44-34)26(37)45-30(2,3)4/h14-19,23-25,41H,1,20-21H2,2-13H3/t23-,24-,25?,34?,35?,36+/m1/s1.